The number of aliphatic hydroxyl groups excluding tert-OH is 1. The smallest absolute Gasteiger partial charge is 0.203 e. The Labute approximate surface area is 72.8 Å². The number of nitrogens with one attached hydrogen (secondary N) is 1. The fourth-order valence-electron chi connectivity index (χ4n) is 0.876. The van der Waals surface area contributed by atoms with Crippen LogP contribution in [-0.2, 0) is 0 Å². The summed E-state index contributed by atoms with van der Waals surface area (Å²) in [5, 5.41) is 8.76. The third kappa shape index (κ3) is 3.54. The van der Waals surface area contributed by atoms with Crippen molar-refractivity contribution in [3.05, 3.63) is 0 Å². The molecular formula is C7H18N4O. The quantitative estimate of drug-likeness (QED) is 0.196. The highest BCUT2D eigenvalue weighted by atomic mass is 16.3. The Morgan fingerprint density at radius 3 is 2.58 bits per heavy atom. The van der Waals surface area contributed by atoms with Crippen molar-refractivity contribution in [2.24, 2.45) is 16.6 Å². The highest BCUT2D eigenvalue weighted by Gasteiger charge is 2.20. The van der Waals surface area contributed by atoms with E-state index >= 15 is 0 Å². The van der Waals surface area contributed by atoms with Crippen molar-refractivity contribution in [1.82, 2.24) is 5.43 Å². The Morgan fingerprint density at radius 2 is 2.25 bits per heavy atom. The first-order valence-corrected chi connectivity index (χ1v) is 4.01. The van der Waals surface area contributed by atoms with Crippen LogP contribution in [0.2, 0.25) is 0 Å². The minimum atomic E-state index is -0.314. The summed E-state index contributed by atoms with van der Waals surface area (Å²) < 4.78 is 0. The van der Waals surface area contributed by atoms with Gasteiger partial charge in [0.1, 0.15) is 0 Å². The van der Waals surface area contributed by atoms with Crippen LogP contribution in [0.25, 0.3) is 0 Å². The van der Waals surface area contributed by atoms with Crippen LogP contribution < -0.4 is 17.0 Å². The van der Waals surface area contributed by atoms with E-state index in [1.165, 1.54) is 0 Å². The van der Waals surface area contributed by atoms with Crippen LogP contribution in [0.15, 0.2) is 4.99 Å². The first kappa shape index (κ1) is 11.2. The number of hydrazine groups is 1. The van der Waals surface area contributed by atoms with E-state index in [4.69, 9.17) is 16.7 Å². The minimum absolute atomic E-state index is 0.103. The molecule has 0 saturated carbocycles. The maximum atomic E-state index is 8.76. The van der Waals surface area contributed by atoms with Crippen LogP contribution in [0.1, 0.15) is 26.7 Å². The number of aliphatic hydroxyl groups is 1. The van der Waals surface area contributed by atoms with Crippen molar-refractivity contribution in [2.45, 2.75) is 32.2 Å². The molecule has 72 valence electrons. The zero-order valence-corrected chi connectivity index (χ0v) is 7.67. The van der Waals surface area contributed by atoms with E-state index in [1.807, 2.05) is 13.8 Å². The molecule has 0 aromatic carbocycles. The standard InChI is InChI=1S/C7H18N4O/c1-3-7(2,4-5-12)10-6(8)11-9/h12H,3-5,9H2,1-2H3,(H3,8,10,11). The number of nitrogens with two attached hydrogens (primary N) is 2. The van der Waals surface area contributed by atoms with Gasteiger partial charge in [0.25, 0.3) is 0 Å². The average molecular weight is 174 g/mol. The van der Waals surface area contributed by atoms with Crippen molar-refractivity contribution in [1.29, 1.82) is 0 Å². The number of hydrogen-bond acceptors (Lipinski definition) is 3. The second kappa shape index (κ2) is 4.95. The lowest BCUT2D eigenvalue weighted by atomic mass is 9.96. The lowest BCUT2D eigenvalue weighted by Gasteiger charge is -2.22. The largest absolute Gasteiger partial charge is 0.396 e. The van der Waals surface area contributed by atoms with Gasteiger partial charge in [0.05, 0.1) is 5.54 Å². The van der Waals surface area contributed by atoms with Crippen LogP contribution in [0, 0.1) is 0 Å². The van der Waals surface area contributed by atoms with Gasteiger partial charge in [-0.1, -0.05) is 6.92 Å². The van der Waals surface area contributed by atoms with Crippen molar-refractivity contribution in [3.63, 3.8) is 0 Å². The van der Waals surface area contributed by atoms with E-state index in [9.17, 15) is 0 Å². The van der Waals surface area contributed by atoms with Gasteiger partial charge in [-0.25, -0.2) is 10.8 Å². The zero-order valence-electron chi connectivity index (χ0n) is 7.67. The number of rotatable bonds is 4. The van der Waals surface area contributed by atoms with Gasteiger partial charge in [0, 0.05) is 6.61 Å². The van der Waals surface area contributed by atoms with Gasteiger partial charge in [-0.05, 0) is 19.8 Å². The lowest BCUT2D eigenvalue weighted by Crippen LogP contribution is -2.40. The molecule has 5 nitrogen and oxygen atoms in total. The number of aliphatic imine (C=N–C) groups is 1. The summed E-state index contributed by atoms with van der Waals surface area (Å²) in [6, 6.07) is 0. The monoisotopic (exact) mass is 174 g/mol. The van der Waals surface area contributed by atoms with Gasteiger partial charge in [0.15, 0.2) is 0 Å². The molecule has 0 aliphatic carbocycles. The second-order valence-corrected chi connectivity index (χ2v) is 2.97. The topological polar surface area (TPSA) is 96.7 Å². The summed E-state index contributed by atoms with van der Waals surface area (Å²) in [6.45, 7) is 4.02. The molecule has 1 atom stereocenters. The molecule has 0 spiro atoms. The van der Waals surface area contributed by atoms with E-state index in [1.54, 1.807) is 0 Å². The molecule has 0 fully saturated rings. The summed E-state index contributed by atoms with van der Waals surface area (Å²) >= 11 is 0. The highest BCUT2D eigenvalue weighted by molar-refractivity contribution is 5.77. The van der Waals surface area contributed by atoms with Gasteiger partial charge in [-0.3, -0.25) is 5.43 Å². The lowest BCUT2D eigenvalue weighted by molar-refractivity contribution is 0.244. The van der Waals surface area contributed by atoms with E-state index in [0.29, 0.717) is 6.42 Å². The van der Waals surface area contributed by atoms with E-state index in [0.717, 1.165) is 6.42 Å². The molecule has 0 bridgehead atoms. The Balaban J connectivity index is 4.31. The Bertz CT molecular complexity index is 159. The maximum absolute atomic E-state index is 8.76. The van der Waals surface area contributed by atoms with Crippen molar-refractivity contribution < 1.29 is 5.11 Å². The number of nitrogens with zero attached hydrogens (tertiary/aromatic N) is 1. The maximum Gasteiger partial charge on any atom is 0.203 e. The molecule has 0 rings (SSSR count). The second-order valence-electron chi connectivity index (χ2n) is 2.97. The molecule has 0 aromatic rings. The van der Waals surface area contributed by atoms with Crippen LogP contribution in [0.5, 0.6) is 0 Å². The third-order valence-electron chi connectivity index (χ3n) is 1.95. The fraction of sp³-hybridized carbons (Fsp3) is 0.857. The van der Waals surface area contributed by atoms with Crippen LogP contribution >= 0.6 is 0 Å². The molecule has 0 heterocycles. The van der Waals surface area contributed by atoms with E-state index in [2.05, 4.69) is 10.4 Å². The molecule has 0 aliphatic rings. The normalized spacial score (nSPS) is 17.2. The van der Waals surface area contributed by atoms with E-state index in [-0.39, 0.29) is 18.1 Å². The number of hydrogen-bond donors (Lipinski definition) is 4. The summed E-state index contributed by atoms with van der Waals surface area (Å²) in [5.74, 6) is 5.26. The van der Waals surface area contributed by atoms with Crippen LogP contribution in [0.3, 0.4) is 0 Å². The number of guanidine groups is 1. The molecule has 5 heteroatoms. The summed E-state index contributed by atoms with van der Waals surface area (Å²) in [5.41, 5.74) is 7.34. The first-order valence-electron chi connectivity index (χ1n) is 4.01. The van der Waals surface area contributed by atoms with Crippen molar-refractivity contribution in [2.75, 3.05) is 6.61 Å². The predicted octanol–water partition coefficient (Wildman–Crippen LogP) is -0.684. The zero-order chi connectivity index (χ0) is 9.61. The molecule has 6 N–H and O–H groups in total. The van der Waals surface area contributed by atoms with Crippen LogP contribution in [0.4, 0.5) is 0 Å². The van der Waals surface area contributed by atoms with Crippen molar-refractivity contribution >= 4 is 5.96 Å². The molecule has 12 heavy (non-hydrogen) atoms. The van der Waals surface area contributed by atoms with E-state index < -0.39 is 0 Å². The molecule has 0 amide bonds. The SMILES string of the molecule is CCC(C)(CCO)N=C(N)NN. The van der Waals surface area contributed by atoms with Gasteiger partial charge in [-0.2, -0.15) is 0 Å². The molecule has 0 saturated heterocycles. The fourth-order valence-corrected chi connectivity index (χ4v) is 0.876. The van der Waals surface area contributed by atoms with Gasteiger partial charge in [-0.15, -0.1) is 0 Å². The summed E-state index contributed by atoms with van der Waals surface area (Å²) in [6.07, 6.45) is 1.40. The minimum Gasteiger partial charge on any atom is -0.396 e. The van der Waals surface area contributed by atoms with Gasteiger partial charge < -0.3 is 10.8 Å². The molecule has 0 aliphatic heterocycles. The highest BCUT2D eigenvalue weighted by Crippen LogP contribution is 2.18. The Hall–Kier alpha value is -0.810. The molecule has 0 radical (unpaired) electrons. The Kier molecular flexibility index (Phi) is 4.61. The molecule has 1 unspecified atom stereocenters. The average Bonchev–Trinajstić information content (AvgIpc) is 2.05. The van der Waals surface area contributed by atoms with Crippen LogP contribution in [-0.4, -0.2) is 23.2 Å². The summed E-state index contributed by atoms with van der Waals surface area (Å²) in [7, 11) is 0. The third-order valence-corrected chi connectivity index (χ3v) is 1.95. The van der Waals surface area contributed by atoms with Gasteiger partial charge in [0.2, 0.25) is 5.96 Å². The summed E-state index contributed by atoms with van der Waals surface area (Å²) in [4.78, 5) is 4.13. The molecule has 0 aromatic heterocycles. The molecular weight excluding hydrogens is 156 g/mol. The van der Waals surface area contributed by atoms with Gasteiger partial charge >= 0.3 is 0 Å². The Morgan fingerprint density at radius 1 is 1.67 bits per heavy atom. The predicted molar refractivity (Wildman–Crippen MR) is 49.3 cm³/mol. The first-order chi connectivity index (χ1) is 5.58. The van der Waals surface area contributed by atoms with Crippen molar-refractivity contribution in [3.8, 4) is 0 Å².